The molecular weight excluding hydrogens is 1660 g/mol. The van der Waals surface area contributed by atoms with Crippen LogP contribution in [0.15, 0.2) is 219 Å². The lowest BCUT2D eigenvalue weighted by Gasteiger charge is -2.11. The monoisotopic (exact) mass is 1710 g/mol. The highest BCUT2D eigenvalue weighted by Crippen LogP contribution is 2.45. The molecule has 22 nitrogen and oxygen atoms in total. The molecule has 1 saturated carbocycles. The summed E-state index contributed by atoms with van der Waals surface area (Å²) in [5.74, 6) is -0.418. The summed E-state index contributed by atoms with van der Waals surface area (Å²) in [5.41, 5.74) is 8.18. The number of hydrogen-bond donors (Lipinski definition) is 4. The number of imidazole rings is 4. The molecule has 0 radical (unpaired) electrons. The Balaban J connectivity index is 0.000000135. The van der Waals surface area contributed by atoms with Crippen molar-refractivity contribution in [2.75, 3.05) is 21.3 Å². The molecule has 4 aromatic carbocycles. The minimum atomic E-state index is -4.78. The first kappa shape index (κ1) is 84.7. The zero-order chi connectivity index (χ0) is 88.3. The van der Waals surface area contributed by atoms with Gasteiger partial charge in [0.2, 0.25) is 0 Å². The Morgan fingerprint density at radius 1 is 0.371 bits per heavy atom. The number of halogens is 17. The van der Waals surface area contributed by atoms with Crippen LogP contribution in [0.25, 0.3) is 68.1 Å². The van der Waals surface area contributed by atoms with Gasteiger partial charge in [-0.15, -0.1) is 13.2 Å². The number of rotatable bonds is 16. The van der Waals surface area contributed by atoms with E-state index in [1.165, 1.54) is 137 Å². The average Bonchev–Trinajstić information content (AvgIpc) is 1.58. The number of alkyl halides is 14. The quantitative estimate of drug-likeness (QED) is 0.0655. The van der Waals surface area contributed by atoms with E-state index in [4.69, 9.17) is 0 Å². The maximum absolute atomic E-state index is 13.8. The van der Waals surface area contributed by atoms with E-state index in [-0.39, 0.29) is 46.0 Å². The van der Waals surface area contributed by atoms with Crippen LogP contribution in [-0.2, 0) is 18.5 Å². The van der Waals surface area contributed by atoms with Gasteiger partial charge in [-0.2, -0.15) is 64.1 Å². The predicted molar refractivity (Wildman–Crippen MR) is 419 cm³/mol. The molecule has 0 spiro atoms. The average molecular weight is 1710 g/mol. The van der Waals surface area contributed by atoms with Gasteiger partial charge >= 0.3 is 31.5 Å². The highest BCUT2D eigenvalue weighted by atomic mass is 19.4. The number of aromatic nitrogens is 13. The Hall–Kier alpha value is -15.8. The van der Waals surface area contributed by atoms with Crippen LogP contribution in [0.5, 0.6) is 11.5 Å². The van der Waals surface area contributed by atoms with E-state index in [2.05, 4.69) is 81.7 Å². The first-order valence-corrected chi connectivity index (χ1v) is 36.4. The number of anilines is 8. The number of nitrogens with zero attached hydrogens (tertiary/aromatic N) is 16. The van der Waals surface area contributed by atoms with Crippen LogP contribution in [0.4, 0.5) is 121 Å². The van der Waals surface area contributed by atoms with Gasteiger partial charge in [-0.1, -0.05) is 0 Å². The Morgan fingerprint density at radius 3 is 1.06 bits per heavy atom. The molecule has 39 heteroatoms. The lowest BCUT2D eigenvalue weighted by atomic mass is 10.1. The molecule has 0 saturated heterocycles. The highest BCUT2D eigenvalue weighted by Gasteiger charge is 2.36. The maximum Gasteiger partial charge on any atom is 0.573 e. The molecule has 1 fully saturated rings. The van der Waals surface area contributed by atoms with Crippen molar-refractivity contribution in [1.29, 1.82) is 15.8 Å². The Labute approximate surface area is 688 Å². The van der Waals surface area contributed by atoms with E-state index in [0.717, 1.165) is 61.5 Å². The second-order valence-electron chi connectivity index (χ2n) is 27.3. The molecule has 1 aliphatic rings. The van der Waals surface area contributed by atoms with Crippen LogP contribution >= 0.6 is 0 Å². The SMILES string of the molecule is Cc1nc2ccc(F)cn2c1-c1cc(C#N)cc(Nc2ccc(C(F)(F)F)cc2)n1.Cc1nc2ccc(F)cn2c1-c1cc(C#N)cc(Nc2ccc(OC(F)(F)F)cc2)n1.Cc1nc2ccc(F)cn2c1-c1cc(C#N)cc(Nc2ccc(OC(F)F)cc2)n1.FC(F)(F)c1ccc(Nc2cncc(-c3c(C4CC4)nc4ccc(C(F)(F)F)cn34)n2)cc1. The molecule has 626 valence electrons. The van der Waals surface area contributed by atoms with E-state index in [1.807, 2.05) is 12.1 Å². The summed E-state index contributed by atoms with van der Waals surface area (Å²) >= 11 is 0. The third-order valence-corrected chi connectivity index (χ3v) is 18.4. The van der Waals surface area contributed by atoms with E-state index >= 15 is 0 Å². The number of fused-ring (bicyclic) bond motifs is 4. The lowest BCUT2D eigenvalue weighted by Crippen LogP contribution is -2.16. The maximum atomic E-state index is 13.8. The normalized spacial score (nSPS) is 12.1. The zero-order valence-corrected chi connectivity index (χ0v) is 63.8. The van der Waals surface area contributed by atoms with Gasteiger partial charge in [0, 0.05) is 53.5 Å². The molecule has 12 heterocycles. The summed E-state index contributed by atoms with van der Waals surface area (Å²) in [4.78, 5) is 39.8. The van der Waals surface area contributed by atoms with Crippen molar-refractivity contribution in [1.82, 2.24) is 62.5 Å². The van der Waals surface area contributed by atoms with Gasteiger partial charge in [0.25, 0.3) is 0 Å². The summed E-state index contributed by atoms with van der Waals surface area (Å²) in [6.45, 7) is 2.35. The molecule has 0 aliphatic heterocycles. The molecule has 0 atom stereocenters. The van der Waals surface area contributed by atoms with Crippen LogP contribution in [0, 0.1) is 72.2 Å². The Kier molecular flexibility index (Phi) is 23.6. The number of ether oxygens (including phenoxy) is 2. The van der Waals surface area contributed by atoms with Gasteiger partial charge in [0.1, 0.15) is 80.5 Å². The van der Waals surface area contributed by atoms with Gasteiger partial charge in [0.15, 0.2) is 0 Å². The first-order valence-electron chi connectivity index (χ1n) is 36.4. The Morgan fingerprint density at radius 2 is 0.702 bits per heavy atom. The van der Waals surface area contributed by atoms with E-state index in [9.17, 15) is 90.4 Å². The third kappa shape index (κ3) is 20.1. The molecule has 124 heavy (non-hydrogen) atoms. The van der Waals surface area contributed by atoms with Gasteiger partial charge in [-0.3, -0.25) is 22.6 Å². The standard InChI is InChI=1S/C22H15F6N5.C21H13F4N5O.C21H13F4N5.C21H14F3N5O/c23-21(24,25)13-3-6-15(7-4-13)30-17-10-29-9-16(31-17)20-19(12-1-2-12)32-18-8-5-14(11-33(18)20)22(26,27)28;1-12-20(30-11-14(22)2-7-19(30)27-12)17-8-13(10-26)9-18(29-17)28-15-3-5-16(6-4-15)31-21(23,24)25;1-12-20(30-11-15(22)4-7-19(30)27-12)17-8-13(10-26)9-18(29-17)28-16-5-2-14(3-6-16)21(23,24)25;1-12-20(29-11-14(22)2-7-19(29)26-12)17-8-13(10-25)9-18(28-17)27-15-3-5-16(6-4-15)30-21(23)24/h3-12H,1-2H2,(H,30,31);2-9,11H,1H3,(H,28,29);2-9,11H,1H3,(H,28,29);2-9,11,21H,1H3,(H,27,28). The lowest BCUT2D eigenvalue weighted by molar-refractivity contribution is -0.274. The number of nitriles is 3. The van der Waals surface area contributed by atoms with Crippen molar-refractivity contribution < 1.29 is 84.1 Å². The molecular formula is C85H55F17N20O2. The molecule has 12 aromatic heterocycles. The van der Waals surface area contributed by atoms with Crippen molar-refractivity contribution in [3.8, 4) is 75.3 Å². The van der Waals surface area contributed by atoms with Crippen molar-refractivity contribution in [3.63, 3.8) is 0 Å². The largest absolute Gasteiger partial charge is 0.573 e. The second-order valence-corrected chi connectivity index (χ2v) is 27.3. The third-order valence-electron chi connectivity index (χ3n) is 18.4. The van der Waals surface area contributed by atoms with Crippen LogP contribution in [0.1, 0.15) is 74.9 Å². The molecule has 16 aromatic rings. The zero-order valence-electron chi connectivity index (χ0n) is 63.8. The van der Waals surface area contributed by atoms with E-state index < -0.39 is 65.6 Å². The van der Waals surface area contributed by atoms with E-state index in [0.29, 0.717) is 125 Å². The van der Waals surface area contributed by atoms with Crippen molar-refractivity contribution >= 4 is 68.6 Å². The summed E-state index contributed by atoms with van der Waals surface area (Å²) in [5, 5.41) is 40.0. The summed E-state index contributed by atoms with van der Waals surface area (Å²) < 4.78 is 233. The topological polar surface area (TPSA) is 272 Å². The minimum Gasteiger partial charge on any atom is -0.435 e. The van der Waals surface area contributed by atoms with Crippen molar-refractivity contribution in [3.05, 3.63) is 293 Å². The summed E-state index contributed by atoms with van der Waals surface area (Å²) in [6, 6.07) is 46.0. The highest BCUT2D eigenvalue weighted by molar-refractivity contribution is 5.74. The molecule has 0 amide bonds. The van der Waals surface area contributed by atoms with Crippen LogP contribution in [0.3, 0.4) is 0 Å². The van der Waals surface area contributed by atoms with Crippen molar-refractivity contribution in [2.24, 2.45) is 0 Å². The molecule has 0 unspecified atom stereocenters. The number of aryl methyl sites for hydroxylation is 3. The van der Waals surface area contributed by atoms with Gasteiger partial charge in [-0.05, 0) is 216 Å². The van der Waals surface area contributed by atoms with E-state index in [1.54, 1.807) is 72.0 Å². The number of benzene rings is 4. The number of hydrogen-bond acceptors (Lipinski definition) is 18. The van der Waals surface area contributed by atoms with Crippen LogP contribution < -0.4 is 30.7 Å². The van der Waals surface area contributed by atoms with Crippen LogP contribution in [0.2, 0.25) is 0 Å². The fraction of sp³-hybridized carbons (Fsp3) is 0.129. The fourth-order valence-electron chi connectivity index (χ4n) is 12.9. The molecule has 4 N–H and O–H groups in total. The molecule has 0 bridgehead atoms. The fourth-order valence-corrected chi connectivity index (χ4v) is 12.9. The summed E-state index contributed by atoms with van der Waals surface area (Å²) in [7, 11) is 0. The van der Waals surface area contributed by atoms with Gasteiger partial charge in [-0.25, -0.2) is 53.0 Å². The second kappa shape index (κ2) is 34.5. The van der Waals surface area contributed by atoms with Gasteiger partial charge < -0.3 is 30.7 Å². The summed E-state index contributed by atoms with van der Waals surface area (Å²) in [6.07, 6.45) is -8.79. The minimum absolute atomic E-state index is 0.0263. The van der Waals surface area contributed by atoms with Crippen LogP contribution in [-0.4, -0.2) is 75.4 Å². The Bertz CT molecular complexity index is 6800. The smallest absolute Gasteiger partial charge is 0.435 e. The first-order chi connectivity index (χ1) is 59.0. The predicted octanol–water partition coefficient (Wildman–Crippen LogP) is 22.3. The number of pyridine rings is 7. The van der Waals surface area contributed by atoms with Crippen molar-refractivity contribution in [2.45, 2.75) is 71.0 Å². The van der Waals surface area contributed by atoms with Gasteiger partial charge in [0.05, 0.1) is 127 Å². The molecule has 1 aliphatic carbocycles. The molecule has 17 rings (SSSR count). The number of nitrogens with one attached hydrogen (secondary N) is 4.